The number of carbonyl (C=O) groups is 1. The molecule has 0 saturated heterocycles. The highest BCUT2D eigenvalue weighted by Gasteiger charge is 2.18. The fraction of sp³-hybridized carbons (Fsp3) is 0.174. The number of amides is 1. The summed E-state index contributed by atoms with van der Waals surface area (Å²) in [7, 11) is -3.63. The van der Waals surface area contributed by atoms with Crippen LogP contribution < -0.4 is 10.0 Å². The number of carbonyl (C=O) groups excluding carboxylic acids is 1. The van der Waals surface area contributed by atoms with E-state index in [0.29, 0.717) is 12.8 Å². The topological polar surface area (TPSA) is 75.3 Å². The van der Waals surface area contributed by atoms with Gasteiger partial charge in [0, 0.05) is 22.6 Å². The van der Waals surface area contributed by atoms with Crippen molar-refractivity contribution >= 4 is 37.5 Å². The third-order valence-corrected chi connectivity index (χ3v) is 6.66. The molecule has 3 aromatic carbocycles. The van der Waals surface area contributed by atoms with Crippen LogP contribution in [0, 0.1) is 0 Å². The van der Waals surface area contributed by atoms with Crippen LogP contribution in [-0.2, 0) is 21.2 Å². The van der Waals surface area contributed by atoms with Gasteiger partial charge < -0.3 is 5.32 Å². The monoisotopic (exact) mass is 486 g/mol. The number of rotatable bonds is 8. The van der Waals surface area contributed by atoms with Gasteiger partial charge in [0.2, 0.25) is 15.9 Å². The predicted octanol–water partition coefficient (Wildman–Crippen LogP) is 5.06. The summed E-state index contributed by atoms with van der Waals surface area (Å²) in [6.45, 7) is 1.81. The van der Waals surface area contributed by atoms with Crippen LogP contribution in [0.4, 0.5) is 5.69 Å². The Hall–Kier alpha value is -2.48. The van der Waals surface area contributed by atoms with E-state index in [1.807, 2.05) is 61.5 Å². The van der Waals surface area contributed by atoms with Crippen LogP contribution in [0.3, 0.4) is 0 Å². The van der Waals surface area contributed by atoms with Gasteiger partial charge in [-0.2, -0.15) is 0 Å². The van der Waals surface area contributed by atoms with Gasteiger partial charge in [0.05, 0.1) is 4.90 Å². The minimum atomic E-state index is -3.63. The molecule has 7 heteroatoms. The Balaban J connectivity index is 1.56. The lowest BCUT2D eigenvalue weighted by atomic mass is 10.1. The van der Waals surface area contributed by atoms with E-state index in [1.165, 1.54) is 0 Å². The van der Waals surface area contributed by atoms with Gasteiger partial charge in [-0.15, -0.1) is 0 Å². The molecule has 1 atom stereocenters. The third-order valence-electron chi connectivity index (χ3n) is 4.61. The van der Waals surface area contributed by atoms with E-state index >= 15 is 0 Å². The van der Waals surface area contributed by atoms with Crippen LogP contribution in [0.1, 0.15) is 30.5 Å². The van der Waals surface area contributed by atoms with Gasteiger partial charge in [-0.25, -0.2) is 13.1 Å². The van der Waals surface area contributed by atoms with E-state index in [4.69, 9.17) is 0 Å². The molecule has 0 bridgehead atoms. The minimum Gasteiger partial charge on any atom is -0.326 e. The zero-order chi connectivity index (χ0) is 21.6. The first-order valence-corrected chi connectivity index (χ1v) is 11.8. The largest absolute Gasteiger partial charge is 0.326 e. The Morgan fingerprint density at radius 1 is 0.967 bits per heavy atom. The van der Waals surface area contributed by atoms with Crippen molar-refractivity contribution in [2.24, 2.45) is 0 Å². The van der Waals surface area contributed by atoms with E-state index in [2.05, 4.69) is 26.0 Å². The van der Waals surface area contributed by atoms with Crippen molar-refractivity contribution in [2.45, 2.75) is 30.7 Å². The van der Waals surface area contributed by atoms with Crippen molar-refractivity contribution in [2.75, 3.05) is 5.32 Å². The SMILES string of the molecule is C[C@H](NS(=O)(=O)c1ccc(CCC(=O)Nc2cccc(Br)c2)cc1)c1ccccc1. The second-order valence-corrected chi connectivity index (χ2v) is 9.59. The van der Waals surface area contributed by atoms with Crippen LogP contribution >= 0.6 is 15.9 Å². The van der Waals surface area contributed by atoms with Gasteiger partial charge in [0.1, 0.15) is 0 Å². The summed E-state index contributed by atoms with van der Waals surface area (Å²) in [5.74, 6) is -0.0943. The molecule has 1 amide bonds. The Labute approximate surface area is 185 Å². The van der Waals surface area contributed by atoms with E-state index < -0.39 is 10.0 Å². The van der Waals surface area contributed by atoms with E-state index in [9.17, 15) is 13.2 Å². The summed E-state index contributed by atoms with van der Waals surface area (Å²) in [4.78, 5) is 12.3. The van der Waals surface area contributed by atoms with Crippen molar-refractivity contribution in [3.63, 3.8) is 0 Å². The molecule has 0 spiro atoms. The molecule has 0 radical (unpaired) electrons. The molecule has 0 aliphatic carbocycles. The summed E-state index contributed by atoms with van der Waals surface area (Å²) < 4.78 is 28.9. The molecule has 0 aromatic heterocycles. The molecule has 0 fully saturated rings. The van der Waals surface area contributed by atoms with Crippen molar-refractivity contribution in [1.82, 2.24) is 4.72 Å². The van der Waals surface area contributed by atoms with Gasteiger partial charge in [0.15, 0.2) is 0 Å². The average Bonchev–Trinajstić information content (AvgIpc) is 2.73. The maximum atomic E-state index is 12.6. The quantitative estimate of drug-likeness (QED) is 0.467. The summed E-state index contributed by atoms with van der Waals surface area (Å²) >= 11 is 3.37. The van der Waals surface area contributed by atoms with Crippen LogP contribution in [0.15, 0.2) is 88.2 Å². The lowest BCUT2D eigenvalue weighted by molar-refractivity contribution is -0.116. The fourth-order valence-corrected chi connectivity index (χ4v) is 4.62. The molecule has 2 N–H and O–H groups in total. The molecular formula is C23H23BrN2O3S. The predicted molar refractivity (Wildman–Crippen MR) is 123 cm³/mol. The number of hydrogen-bond acceptors (Lipinski definition) is 3. The van der Waals surface area contributed by atoms with Gasteiger partial charge >= 0.3 is 0 Å². The van der Waals surface area contributed by atoms with Crippen LogP contribution in [0.25, 0.3) is 0 Å². The number of hydrogen-bond donors (Lipinski definition) is 2. The first-order valence-electron chi connectivity index (χ1n) is 9.55. The van der Waals surface area contributed by atoms with Crippen molar-refractivity contribution < 1.29 is 13.2 Å². The smallest absolute Gasteiger partial charge is 0.241 e. The number of halogens is 1. The highest BCUT2D eigenvalue weighted by molar-refractivity contribution is 9.10. The molecule has 156 valence electrons. The normalized spacial score (nSPS) is 12.3. The van der Waals surface area contributed by atoms with E-state index in [-0.39, 0.29) is 16.8 Å². The molecule has 3 aromatic rings. The molecule has 5 nitrogen and oxygen atoms in total. The molecule has 0 unspecified atom stereocenters. The third kappa shape index (κ3) is 6.26. The average molecular weight is 487 g/mol. The number of anilines is 1. The van der Waals surface area contributed by atoms with Gasteiger partial charge in [-0.3, -0.25) is 4.79 Å². The lowest BCUT2D eigenvalue weighted by Crippen LogP contribution is -2.26. The summed E-state index contributed by atoms with van der Waals surface area (Å²) in [6, 6.07) is 23.1. The zero-order valence-corrected chi connectivity index (χ0v) is 18.9. The van der Waals surface area contributed by atoms with Gasteiger partial charge in [-0.1, -0.05) is 64.5 Å². The van der Waals surface area contributed by atoms with Gasteiger partial charge in [0.25, 0.3) is 0 Å². The first-order chi connectivity index (χ1) is 14.3. The number of benzene rings is 3. The standard InChI is InChI=1S/C23H23BrN2O3S/c1-17(19-6-3-2-4-7-19)26-30(28,29)22-13-10-18(11-14-22)12-15-23(27)25-21-9-5-8-20(24)16-21/h2-11,13-14,16-17,26H,12,15H2,1H3,(H,25,27)/t17-/m0/s1. The maximum Gasteiger partial charge on any atom is 0.241 e. The summed E-state index contributed by atoms with van der Waals surface area (Å²) in [5.41, 5.74) is 2.53. The van der Waals surface area contributed by atoms with Crippen LogP contribution in [0.2, 0.25) is 0 Å². The molecular weight excluding hydrogens is 464 g/mol. The minimum absolute atomic E-state index is 0.0943. The van der Waals surface area contributed by atoms with Crippen molar-refractivity contribution in [3.05, 3.63) is 94.5 Å². The highest BCUT2D eigenvalue weighted by Crippen LogP contribution is 2.18. The van der Waals surface area contributed by atoms with Gasteiger partial charge in [-0.05, 0) is 54.8 Å². The van der Waals surface area contributed by atoms with Crippen molar-refractivity contribution in [1.29, 1.82) is 0 Å². The lowest BCUT2D eigenvalue weighted by Gasteiger charge is -2.15. The summed E-state index contributed by atoms with van der Waals surface area (Å²) in [6.07, 6.45) is 0.829. The molecule has 0 aliphatic rings. The van der Waals surface area contributed by atoms with E-state index in [0.717, 1.165) is 21.3 Å². The Morgan fingerprint density at radius 3 is 2.33 bits per heavy atom. The van der Waals surface area contributed by atoms with Crippen LogP contribution in [0.5, 0.6) is 0 Å². The zero-order valence-electron chi connectivity index (χ0n) is 16.5. The molecule has 0 saturated carbocycles. The first kappa shape index (κ1) is 22.2. The fourth-order valence-electron chi connectivity index (χ4n) is 2.99. The molecule has 0 heterocycles. The second kappa shape index (κ2) is 10.0. The molecule has 0 aliphatic heterocycles. The molecule has 30 heavy (non-hydrogen) atoms. The second-order valence-electron chi connectivity index (χ2n) is 6.96. The highest BCUT2D eigenvalue weighted by atomic mass is 79.9. The number of aryl methyl sites for hydroxylation is 1. The Kier molecular flexibility index (Phi) is 7.42. The van der Waals surface area contributed by atoms with Crippen LogP contribution in [-0.4, -0.2) is 14.3 Å². The van der Waals surface area contributed by atoms with Crippen molar-refractivity contribution in [3.8, 4) is 0 Å². The Morgan fingerprint density at radius 2 is 1.67 bits per heavy atom. The number of sulfonamides is 1. The number of nitrogens with one attached hydrogen (secondary N) is 2. The summed E-state index contributed by atoms with van der Waals surface area (Å²) in [5, 5.41) is 2.85. The van der Waals surface area contributed by atoms with E-state index in [1.54, 1.807) is 24.3 Å². The Bertz CT molecular complexity index is 1100. The maximum absolute atomic E-state index is 12.6. The molecule has 3 rings (SSSR count).